The molecule has 0 unspecified atom stereocenters. The Morgan fingerprint density at radius 2 is 2.00 bits per heavy atom. The minimum atomic E-state index is -0.749. The zero-order valence-corrected chi connectivity index (χ0v) is 14.7. The minimum absolute atomic E-state index is 0.156. The van der Waals surface area contributed by atoms with Gasteiger partial charge in [0.05, 0.1) is 10.7 Å². The van der Waals surface area contributed by atoms with Crippen LogP contribution in [0.2, 0.25) is 5.02 Å². The van der Waals surface area contributed by atoms with Crippen LogP contribution in [0.15, 0.2) is 12.1 Å². The fraction of sp³-hybridized carbons (Fsp3) is 0.471. The van der Waals surface area contributed by atoms with Crippen molar-refractivity contribution in [3.63, 3.8) is 0 Å². The van der Waals surface area contributed by atoms with Gasteiger partial charge in [-0.1, -0.05) is 17.7 Å². The van der Waals surface area contributed by atoms with Crippen molar-refractivity contribution in [2.45, 2.75) is 33.1 Å². The van der Waals surface area contributed by atoms with E-state index in [1.54, 1.807) is 11.0 Å². The summed E-state index contributed by atoms with van der Waals surface area (Å²) in [5.74, 6) is -1.30. The summed E-state index contributed by atoms with van der Waals surface area (Å²) in [4.78, 5) is 37.1. The summed E-state index contributed by atoms with van der Waals surface area (Å²) in [6.07, 6.45) is 2.12. The van der Waals surface area contributed by atoms with E-state index in [9.17, 15) is 14.4 Å². The number of rotatable bonds is 5. The normalized spacial score (nSPS) is 14.0. The lowest BCUT2D eigenvalue weighted by atomic mass is 10.1. The van der Waals surface area contributed by atoms with Crippen LogP contribution in [0.3, 0.4) is 0 Å². The molecule has 24 heavy (non-hydrogen) atoms. The van der Waals surface area contributed by atoms with Gasteiger partial charge in [-0.2, -0.15) is 0 Å². The number of nitrogens with zero attached hydrogens (tertiary/aromatic N) is 1. The van der Waals surface area contributed by atoms with Gasteiger partial charge < -0.3 is 15.5 Å². The molecule has 1 fully saturated rings. The second kappa shape index (κ2) is 8.15. The van der Waals surface area contributed by atoms with Crippen molar-refractivity contribution in [3.8, 4) is 0 Å². The smallest absolute Gasteiger partial charge is 0.313 e. The zero-order valence-electron chi connectivity index (χ0n) is 13.9. The summed E-state index contributed by atoms with van der Waals surface area (Å²) >= 11 is 6.11. The van der Waals surface area contributed by atoms with Gasteiger partial charge >= 0.3 is 11.8 Å². The van der Waals surface area contributed by atoms with Gasteiger partial charge in [0.1, 0.15) is 0 Å². The molecule has 1 aliphatic rings. The van der Waals surface area contributed by atoms with E-state index in [0.717, 1.165) is 24.1 Å². The van der Waals surface area contributed by atoms with E-state index in [2.05, 4.69) is 10.6 Å². The van der Waals surface area contributed by atoms with Gasteiger partial charge in [-0.3, -0.25) is 14.4 Å². The molecular weight excluding hydrogens is 330 g/mol. The third kappa shape index (κ3) is 4.71. The number of carbonyl (C=O) groups is 3. The van der Waals surface area contributed by atoms with Gasteiger partial charge in [0.15, 0.2) is 0 Å². The molecule has 0 atom stereocenters. The third-order valence-electron chi connectivity index (χ3n) is 3.94. The van der Waals surface area contributed by atoms with Crippen LogP contribution in [-0.4, -0.2) is 42.3 Å². The molecule has 1 aliphatic heterocycles. The Bertz CT molecular complexity index is 637. The molecule has 7 heteroatoms. The molecule has 0 saturated carbocycles. The van der Waals surface area contributed by atoms with Crippen molar-refractivity contribution in [1.29, 1.82) is 0 Å². The number of hydrogen-bond donors (Lipinski definition) is 2. The number of halogens is 1. The first kappa shape index (κ1) is 18.3. The number of hydrogen-bond acceptors (Lipinski definition) is 3. The Kier molecular flexibility index (Phi) is 6.20. The highest BCUT2D eigenvalue weighted by molar-refractivity contribution is 6.41. The Labute approximate surface area is 146 Å². The van der Waals surface area contributed by atoms with Crippen molar-refractivity contribution >= 4 is 35.0 Å². The maximum absolute atomic E-state index is 12.0. The van der Waals surface area contributed by atoms with Crippen LogP contribution in [-0.2, 0) is 14.4 Å². The highest BCUT2D eigenvalue weighted by Gasteiger charge is 2.20. The standard InChI is InChI=1S/C17H22ClN3O3/c1-11-9-12(2)15(13(18)10-11)20-17(24)16(23)19-6-4-8-21-7-3-5-14(21)22/h9-10H,3-8H2,1-2H3,(H,19,23)(H,20,24). The summed E-state index contributed by atoms with van der Waals surface area (Å²) < 4.78 is 0. The third-order valence-corrected chi connectivity index (χ3v) is 4.24. The summed E-state index contributed by atoms with van der Waals surface area (Å²) in [5.41, 5.74) is 2.23. The highest BCUT2D eigenvalue weighted by Crippen LogP contribution is 2.27. The van der Waals surface area contributed by atoms with Crippen LogP contribution in [0.1, 0.15) is 30.4 Å². The van der Waals surface area contributed by atoms with Crippen molar-refractivity contribution in [3.05, 3.63) is 28.3 Å². The Hall–Kier alpha value is -2.08. The lowest BCUT2D eigenvalue weighted by Crippen LogP contribution is -2.37. The van der Waals surface area contributed by atoms with E-state index in [4.69, 9.17) is 11.6 Å². The van der Waals surface area contributed by atoms with Crippen molar-refractivity contribution in [1.82, 2.24) is 10.2 Å². The fourth-order valence-corrected chi connectivity index (χ4v) is 3.11. The molecule has 0 aromatic heterocycles. The first-order valence-electron chi connectivity index (χ1n) is 8.02. The summed E-state index contributed by atoms with van der Waals surface area (Å²) in [5, 5.41) is 5.51. The number of nitrogens with one attached hydrogen (secondary N) is 2. The molecule has 0 radical (unpaired) electrons. The van der Waals surface area contributed by atoms with Gasteiger partial charge in [-0.25, -0.2) is 0 Å². The number of aryl methyl sites for hydroxylation is 2. The molecule has 1 aromatic rings. The molecule has 1 aromatic carbocycles. The number of benzene rings is 1. The van der Waals surface area contributed by atoms with Crippen molar-refractivity contribution in [2.24, 2.45) is 0 Å². The second-order valence-corrected chi connectivity index (χ2v) is 6.39. The van der Waals surface area contributed by atoms with Crippen molar-refractivity contribution in [2.75, 3.05) is 25.0 Å². The molecule has 1 heterocycles. The van der Waals surface area contributed by atoms with Crippen LogP contribution in [0, 0.1) is 13.8 Å². The molecule has 130 valence electrons. The second-order valence-electron chi connectivity index (χ2n) is 5.99. The maximum atomic E-state index is 12.0. The number of anilines is 1. The summed E-state index contributed by atoms with van der Waals surface area (Å²) in [7, 11) is 0. The minimum Gasteiger partial charge on any atom is -0.348 e. The van der Waals surface area contributed by atoms with Crippen LogP contribution < -0.4 is 10.6 Å². The lowest BCUT2D eigenvalue weighted by Gasteiger charge is -2.15. The molecule has 2 N–H and O–H groups in total. The van der Waals surface area contributed by atoms with Crippen LogP contribution in [0.25, 0.3) is 0 Å². The number of likely N-dealkylation sites (tertiary alicyclic amines) is 1. The van der Waals surface area contributed by atoms with Crippen LogP contribution in [0.4, 0.5) is 5.69 Å². The molecular formula is C17H22ClN3O3. The van der Waals surface area contributed by atoms with Crippen molar-refractivity contribution < 1.29 is 14.4 Å². The molecule has 1 saturated heterocycles. The van der Waals surface area contributed by atoms with E-state index in [1.165, 1.54) is 0 Å². The molecule has 0 spiro atoms. The Morgan fingerprint density at radius 1 is 1.25 bits per heavy atom. The lowest BCUT2D eigenvalue weighted by molar-refractivity contribution is -0.136. The van der Waals surface area contributed by atoms with E-state index < -0.39 is 11.8 Å². The maximum Gasteiger partial charge on any atom is 0.313 e. The molecule has 3 amide bonds. The van der Waals surface area contributed by atoms with E-state index in [1.807, 2.05) is 19.9 Å². The quantitative estimate of drug-likeness (QED) is 0.629. The molecule has 2 rings (SSSR count). The van der Waals surface area contributed by atoms with Gasteiger partial charge in [-0.15, -0.1) is 0 Å². The Balaban J connectivity index is 1.78. The summed E-state index contributed by atoms with van der Waals surface area (Å²) in [6, 6.07) is 3.61. The Morgan fingerprint density at radius 3 is 2.62 bits per heavy atom. The fourth-order valence-electron chi connectivity index (χ4n) is 2.74. The average Bonchev–Trinajstić information content (AvgIpc) is 2.92. The predicted molar refractivity (Wildman–Crippen MR) is 93.0 cm³/mol. The van der Waals surface area contributed by atoms with E-state index in [-0.39, 0.29) is 5.91 Å². The zero-order chi connectivity index (χ0) is 17.7. The first-order chi connectivity index (χ1) is 11.4. The molecule has 0 aliphatic carbocycles. The topological polar surface area (TPSA) is 78.5 Å². The molecule has 6 nitrogen and oxygen atoms in total. The highest BCUT2D eigenvalue weighted by atomic mass is 35.5. The van der Waals surface area contributed by atoms with Gasteiger partial charge in [0.2, 0.25) is 5.91 Å². The number of carbonyl (C=O) groups excluding carboxylic acids is 3. The SMILES string of the molecule is Cc1cc(C)c(NC(=O)C(=O)NCCCN2CCCC2=O)c(Cl)c1. The monoisotopic (exact) mass is 351 g/mol. The number of amides is 3. The van der Waals surface area contributed by atoms with Crippen LogP contribution >= 0.6 is 11.6 Å². The first-order valence-corrected chi connectivity index (χ1v) is 8.40. The largest absolute Gasteiger partial charge is 0.348 e. The summed E-state index contributed by atoms with van der Waals surface area (Å²) in [6.45, 7) is 5.44. The van der Waals surface area contributed by atoms with E-state index in [0.29, 0.717) is 36.6 Å². The van der Waals surface area contributed by atoms with E-state index >= 15 is 0 Å². The van der Waals surface area contributed by atoms with Gasteiger partial charge in [0.25, 0.3) is 0 Å². The predicted octanol–water partition coefficient (Wildman–Crippen LogP) is 2.02. The van der Waals surface area contributed by atoms with Gasteiger partial charge in [0, 0.05) is 26.1 Å². The van der Waals surface area contributed by atoms with Crippen LogP contribution in [0.5, 0.6) is 0 Å². The molecule has 0 bridgehead atoms. The average molecular weight is 352 g/mol. The van der Waals surface area contributed by atoms with Gasteiger partial charge in [-0.05, 0) is 43.9 Å².